The van der Waals surface area contributed by atoms with E-state index in [0.717, 1.165) is 17.5 Å². The minimum Gasteiger partial charge on any atom is -0.333 e. The Hall–Kier alpha value is -2.65. The van der Waals surface area contributed by atoms with Crippen LogP contribution < -0.4 is 4.72 Å². The molecule has 0 unspecified atom stereocenters. The van der Waals surface area contributed by atoms with E-state index in [-0.39, 0.29) is 10.8 Å². The number of H-pyrrole nitrogens is 1. The topological polar surface area (TPSA) is 95.2 Å². The molecule has 0 fully saturated rings. The Morgan fingerprint density at radius 2 is 2.07 bits per heavy atom. The number of nitrogens with zero attached hydrogens (tertiary/aromatic N) is 2. The van der Waals surface area contributed by atoms with Gasteiger partial charge >= 0.3 is 0 Å². The summed E-state index contributed by atoms with van der Waals surface area (Å²) in [4.78, 5) is 15.3. The lowest BCUT2D eigenvalue weighted by atomic mass is 9.99. The van der Waals surface area contributed by atoms with Crippen molar-refractivity contribution in [3.8, 4) is 0 Å². The van der Waals surface area contributed by atoms with Crippen molar-refractivity contribution >= 4 is 33.0 Å². The van der Waals surface area contributed by atoms with Gasteiger partial charge in [0.25, 0.3) is 15.9 Å². The van der Waals surface area contributed by atoms with Gasteiger partial charge in [0.15, 0.2) is 0 Å². The van der Waals surface area contributed by atoms with Crippen LogP contribution in [-0.2, 0) is 23.0 Å². The number of aromatic nitrogens is 2. The van der Waals surface area contributed by atoms with Crippen molar-refractivity contribution in [3.05, 3.63) is 63.1 Å². The van der Waals surface area contributed by atoms with E-state index in [1.165, 1.54) is 11.3 Å². The van der Waals surface area contributed by atoms with Crippen molar-refractivity contribution in [3.63, 3.8) is 0 Å². The monoisotopic (exact) mass is 416 g/mol. The number of aromatic amines is 1. The van der Waals surface area contributed by atoms with E-state index < -0.39 is 10.0 Å². The van der Waals surface area contributed by atoms with E-state index in [9.17, 15) is 13.2 Å². The zero-order chi connectivity index (χ0) is 19.9. The first-order valence-electron chi connectivity index (χ1n) is 8.84. The van der Waals surface area contributed by atoms with Crippen LogP contribution in [0.2, 0.25) is 0 Å². The summed E-state index contributed by atoms with van der Waals surface area (Å²) >= 11 is 1.43. The highest BCUT2D eigenvalue weighted by Gasteiger charge is 2.25. The first kappa shape index (κ1) is 18.7. The second-order valence-corrected chi connectivity index (χ2v) is 9.37. The summed E-state index contributed by atoms with van der Waals surface area (Å²) < 4.78 is 28.2. The summed E-state index contributed by atoms with van der Waals surface area (Å²) in [6.45, 7) is 4.45. The molecule has 0 atom stereocenters. The van der Waals surface area contributed by atoms with Crippen molar-refractivity contribution in [2.45, 2.75) is 31.7 Å². The SMILES string of the molecule is Cc1n[nH]c(C)c1S(=O)(=O)Nc1ccc2c(c1)CN(C(=O)c1cccs1)CC2. The number of aryl methyl sites for hydroxylation is 2. The first-order valence-corrected chi connectivity index (χ1v) is 11.2. The Morgan fingerprint density at radius 1 is 1.25 bits per heavy atom. The molecule has 0 saturated heterocycles. The van der Waals surface area contributed by atoms with Gasteiger partial charge in [0.05, 0.1) is 16.3 Å². The summed E-state index contributed by atoms with van der Waals surface area (Å²) in [6, 6.07) is 9.18. The maximum Gasteiger partial charge on any atom is 0.265 e. The van der Waals surface area contributed by atoms with Crippen molar-refractivity contribution in [1.82, 2.24) is 15.1 Å². The Morgan fingerprint density at radius 3 is 2.75 bits per heavy atom. The molecule has 0 radical (unpaired) electrons. The lowest BCUT2D eigenvalue weighted by molar-refractivity contribution is 0.0739. The van der Waals surface area contributed by atoms with Crippen LogP contribution in [0.15, 0.2) is 40.6 Å². The third kappa shape index (κ3) is 3.43. The van der Waals surface area contributed by atoms with E-state index in [1.807, 2.05) is 29.6 Å². The predicted molar refractivity (Wildman–Crippen MR) is 108 cm³/mol. The van der Waals surface area contributed by atoms with Gasteiger partial charge in [-0.3, -0.25) is 14.6 Å². The largest absolute Gasteiger partial charge is 0.333 e. The normalized spacial score (nSPS) is 14.0. The van der Waals surface area contributed by atoms with Crippen molar-refractivity contribution in [2.75, 3.05) is 11.3 Å². The smallest absolute Gasteiger partial charge is 0.265 e. The average Bonchev–Trinajstić information content (AvgIpc) is 3.30. The molecule has 1 amide bonds. The van der Waals surface area contributed by atoms with Gasteiger partial charge < -0.3 is 4.90 Å². The summed E-state index contributed by atoms with van der Waals surface area (Å²) in [5, 5.41) is 8.55. The number of carbonyl (C=O) groups is 1. The molecule has 1 aromatic carbocycles. The number of nitrogens with one attached hydrogen (secondary N) is 2. The number of rotatable bonds is 4. The summed E-state index contributed by atoms with van der Waals surface area (Å²) in [7, 11) is -3.75. The van der Waals surface area contributed by atoms with E-state index in [2.05, 4.69) is 14.9 Å². The highest BCUT2D eigenvalue weighted by molar-refractivity contribution is 7.92. The average molecular weight is 417 g/mol. The van der Waals surface area contributed by atoms with Crippen LogP contribution in [0.1, 0.15) is 32.2 Å². The molecule has 1 aliphatic rings. The quantitative estimate of drug-likeness (QED) is 0.683. The van der Waals surface area contributed by atoms with Gasteiger partial charge in [-0.15, -0.1) is 11.3 Å². The van der Waals surface area contributed by atoms with Crippen LogP contribution in [0, 0.1) is 13.8 Å². The fraction of sp³-hybridized carbons (Fsp3) is 0.263. The lowest BCUT2D eigenvalue weighted by Crippen LogP contribution is -2.35. The zero-order valence-corrected chi connectivity index (χ0v) is 17.2. The molecule has 0 spiro atoms. The molecule has 1 aliphatic heterocycles. The highest BCUT2D eigenvalue weighted by Crippen LogP contribution is 2.27. The minimum absolute atomic E-state index is 0.0104. The molecule has 0 bridgehead atoms. The number of fused-ring (bicyclic) bond motifs is 1. The molecule has 2 N–H and O–H groups in total. The molecule has 3 heterocycles. The van der Waals surface area contributed by atoms with E-state index >= 15 is 0 Å². The Bertz CT molecular complexity index is 1110. The van der Waals surface area contributed by atoms with Gasteiger partial charge in [0.2, 0.25) is 0 Å². The molecule has 0 saturated carbocycles. The third-order valence-corrected chi connectivity index (χ3v) is 7.32. The number of anilines is 1. The van der Waals surface area contributed by atoms with Crippen LogP contribution >= 0.6 is 11.3 Å². The minimum atomic E-state index is -3.75. The second kappa shape index (κ2) is 7.06. The van der Waals surface area contributed by atoms with E-state index in [4.69, 9.17) is 0 Å². The first-order chi connectivity index (χ1) is 13.3. The van der Waals surface area contributed by atoms with Crippen LogP contribution in [0.4, 0.5) is 5.69 Å². The van der Waals surface area contributed by atoms with Crippen molar-refractivity contribution < 1.29 is 13.2 Å². The highest BCUT2D eigenvalue weighted by atomic mass is 32.2. The molecule has 9 heteroatoms. The Kier molecular flexibility index (Phi) is 4.72. The van der Waals surface area contributed by atoms with Crippen LogP contribution in [0.3, 0.4) is 0 Å². The van der Waals surface area contributed by atoms with Crippen molar-refractivity contribution in [2.24, 2.45) is 0 Å². The number of hydrogen-bond donors (Lipinski definition) is 2. The number of thiophene rings is 1. The number of amides is 1. The van der Waals surface area contributed by atoms with Gasteiger partial charge in [-0.1, -0.05) is 12.1 Å². The molecule has 0 aliphatic carbocycles. The molecule has 2 aromatic heterocycles. The maximum absolute atomic E-state index is 12.8. The van der Waals surface area contributed by atoms with Gasteiger partial charge in [0.1, 0.15) is 4.90 Å². The van der Waals surface area contributed by atoms with E-state index in [0.29, 0.717) is 35.0 Å². The molecule has 3 aromatic rings. The number of benzene rings is 1. The van der Waals surface area contributed by atoms with Gasteiger partial charge in [0, 0.05) is 18.8 Å². The summed E-state index contributed by atoms with van der Waals surface area (Å²) in [5.41, 5.74) is 3.49. The fourth-order valence-electron chi connectivity index (χ4n) is 3.49. The molecule has 4 rings (SSSR count). The third-order valence-electron chi connectivity index (χ3n) is 4.82. The number of hydrogen-bond acceptors (Lipinski definition) is 5. The molecule has 146 valence electrons. The van der Waals surface area contributed by atoms with Crippen LogP contribution in [-0.4, -0.2) is 36.0 Å². The summed E-state index contributed by atoms with van der Waals surface area (Å²) in [6.07, 6.45) is 0.749. The summed E-state index contributed by atoms with van der Waals surface area (Å²) in [5.74, 6) is 0.0104. The fourth-order valence-corrected chi connectivity index (χ4v) is 5.61. The van der Waals surface area contributed by atoms with Crippen molar-refractivity contribution in [1.29, 1.82) is 0 Å². The van der Waals surface area contributed by atoms with Gasteiger partial charge in [-0.25, -0.2) is 8.42 Å². The number of sulfonamides is 1. The predicted octanol–water partition coefficient (Wildman–Crippen LogP) is 3.09. The molecule has 28 heavy (non-hydrogen) atoms. The van der Waals surface area contributed by atoms with Gasteiger partial charge in [-0.2, -0.15) is 5.10 Å². The molecular weight excluding hydrogens is 396 g/mol. The zero-order valence-electron chi connectivity index (χ0n) is 15.5. The Balaban J connectivity index is 1.58. The standard InChI is InChI=1S/C19H20N4O3S2/c1-12-18(13(2)21-20-12)28(25,26)22-16-6-5-14-7-8-23(11-15(14)10-16)19(24)17-4-3-9-27-17/h3-6,9-10,22H,7-8,11H2,1-2H3,(H,20,21). The van der Waals surface area contributed by atoms with Crippen LogP contribution in [0.5, 0.6) is 0 Å². The number of carbonyl (C=O) groups excluding carboxylic acids is 1. The maximum atomic E-state index is 12.8. The Labute approximate surface area is 167 Å². The van der Waals surface area contributed by atoms with Gasteiger partial charge in [-0.05, 0) is 55.0 Å². The molecule has 7 nitrogen and oxygen atoms in total. The lowest BCUT2D eigenvalue weighted by Gasteiger charge is -2.29. The van der Waals surface area contributed by atoms with Crippen LogP contribution in [0.25, 0.3) is 0 Å². The second-order valence-electron chi connectivity index (χ2n) is 6.81. The van der Waals surface area contributed by atoms with E-state index in [1.54, 1.807) is 24.8 Å². The molecular formula is C19H20N4O3S2.